The van der Waals surface area contributed by atoms with Crippen LogP contribution in [0.15, 0.2) is 30.5 Å². The number of ether oxygens (including phenoxy) is 1. The first-order valence-electron chi connectivity index (χ1n) is 7.71. The fourth-order valence-electron chi connectivity index (χ4n) is 2.76. The molecule has 1 aliphatic heterocycles. The van der Waals surface area contributed by atoms with Crippen LogP contribution in [0.25, 0.3) is 0 Å². The number of amides is 1. The molecule has 4 nitrogen and oxygen atoms in total. The van der Waals surface area contributed by atoms with Crippen LogP contribution in [-0.4, -0.2) is 35.5 Å². The number of hydrogen-bond acceptors (Lipinski definition) is 4. The summed E-state index contributed by atoms with van der Waals surface area (Å²) in [5.41, 5.74) is 0. The van der Waals surface area contributed by atoms with Crippen LogP contribution in [0, 0.1) is 12.7 Å². The van der Waals surface area contributed by atoms with Crippen LogP contribution in [0.5, 0.6) is 5.75 Å². The number of halogens is 1. The molecule has 1 atom stereocenters. The Labute approximate surface area is 138 Å². The first-order valence-corrected chi connectivity index (χ1v) is 8.52. The van der Waals surface area contributed by atoms with Gasteiger partial charge in [0.1, 0.15) is 0 Å². The van der Waals surface area contributed by atoms with Gasteiger partial charge in [0.2, 0.25) is 0 Å². The molecule has 0 spiro atoms. The van der Waals surface area contributed by atoms with Gasteiger partial charge in [0.25, 0.3) is 5.91 Å². The van der Waals surface area contributed by atoms with E-state index < -0.39 is 5.82 Å². The Kier molecular flexibility index (Phi) is 4.91. The number of aryl methyl sites for hydroxylation is 1. The fourth-order valence-corrected chi connectivity index (χ4v) is 3.66. The molecule has 6 heteroatoms. The van der Waals surface area contributed by atoms with Crippen LogP contribution in [0.4, 0.5) is 4.39 Å². The van der Waals surface area contributed by atoms with Gasteiger partial charge in [-0.2, -0.15) is 0 Å². The highest BCUT2D eigenvalue weighted by Gasteiger charge is 2.26. The Morgan fingerprint density at radius 2 is 2.30 bits per heavy atom. The summed E-state index contributed by atoms with van der Waals surface area (Å²) in [6, 6.07) is 6.13. The molecule has 0 unspecified atom stereocenters. The van der Waals surface area contributed by atoms with Crippen molar-refractivity contribution in [2.24, 2.45) is 0 Å². The number of piperidine rings is 1. The van der Waals surface area contributed by atoms with Gasteiger partial charge in [-0.15, -0.1) is 11.3 Å². The van der Waals surface area contributed by atoms with E-state index in [4.69, 9.17) is 4.74 Å². The SMILES string of the molecule is Cc1cnc([C@@H]2CCCN(C(=O)COc3ccccc3F)C2)s1. The molecule has 23 heavy (non-hydrogen) atoms. The number of carbonyl (C=O) groups is 1. The summed E-state index contributed by atoms with van der Waals surface area (Å²) in [5, 5.41) is 1.09. The highest BCUT2D eigenvalue weighted by atomic mass is 32.1. The predicted octanol–water partition coefficient (Wildman–Crippen LogP) is 3.38. The summed E-state index contributed by atoms with van der Waals surface area (Å²) >= 11 is 1.69. The molecule has 3 rings (SSSR count). The number of carbonyl (C=O) groups excluding carboxylic acids is 1. The second-order valence-electron chi connectivity index (χ2n) is 5.71. The van der Waals surface area contributed by atoms with Crippen molar-refractivity contribution < 1.29 is 13.9 Å². The Morgan fingerprint density at radius 3 is 3.04 bits per heavy atom. The van der Waals surface area contributed by atoms with Crippen LogP contribution in [-0.2, 0) is 4.79 Å². The molecular formula is C17H19FN2O2S. The third-order valence-electron chi connectivity index (χ3n) is 3.95. The number of benzene rings is 1. The summed E-state index contributed by atoms with van der Waals surface area (Å²) in [5.74, 6) is -0.147. The van der Waals surface area contributed by atoms with Crippen molar-refractivity contribution in [2.45, 2.75) is 25.7 Å². The number of rotatable bonds is 4. The van der Waals surface area contributed by atoms with E-state index in [2.05, 4.69) is 4.98 Å². The van der Waals surface area contributed by atoms with Crippen molar-refractivity contribution in [2.75, 3.05) is 19.7 Å². The third kappa shape index (κ3) is 3.88. The second kappa shape index (κ2) is 7.08. The molecule has 2 aromatic rings. The van der Waals surface area contributed by atoms with Gasteiger partial charge in [0.05, 0.1) is 5.01 Å². The topological polar surface area (TPSA) is 42.4 Å². The number of likely N-dealkylation sites (tertiary alicyclic amines) is 1. The average Bonchev–Trinajstić information content (AvgIpc) is 3.00. The minimum absolute atomic E-state index is 0.105. The highest BCUT2D eigenvalue weighted by Crippen LogP contribution is 2.29. The van der Waals surface area contributed by atoms with Crippen LogP contribution in [0.3, 0.4) is 0 Å². The number of aromatic nitrogens is 1. The number of hydrogen-bond donors (Lipinski definition) is 0. The molecular weight excluding hydrogens is 315 g/mol. The van der Waals surface area contributed by atoms with Gasteiger partial charge >= 0.3 is 0 Å². The van der Waals surface area contributed by atoms with E-state index in [0.717, 1.165) is 24.4 Å². The van der Waals surface area contributed by atoms with E-state index in [1.165, 1.54) is 17.0 Å². The maximum Gasteiger partial charge on any atom is 0.260 e. The zero-order chi connectivity index (χ0) is 16.2. The van der Waals surface area contributed by atoms with Gasteiger partial charge < -0.3 is 9.64 Å². The maximum absolute atomic E-state index is 13.5. The van der Waals surface area contributed by atoms with Crippen molar-refractivity contribution in [3.63, 3.8) is 0 Å². The van der Waals surface area contributed by atoms with Gasteiger partial charge in [-0.1, -0.05) is 12.1 Å². The molecule has 1 saturated heterocycles. The molecule has 0 bridgehead atoms. The predicted molar refractivity (Wildman–Crippen MR) is 87.3 cm³/mol. The summed E-state index contributed by atoms with van der Waals surface area (Å²) in [4.78, 5) is 19.7. The molecule has 1 aromatic heterocycles. The zero-order valence-electron chi connectivity index (χ0n) is 13.0. The smallest absolute Gasteiger partial charge is 0.260 e. The molecule has 0 radical (unpaired) electrons. The molecule has 1 fully saturated rings. The lowest BCUT2D eigenvalue weighted by molar-refractivity contribution is -0.134. The summed E-state index contributed by atoms with van der Waals surface area (Å²) in [6.07, 6.45) is 3.88. The zero-order valence-corrected chi connectivity index (χ0v) is 13.8. The molecule has 122 valence electrons. The highest BCUT2D eigenvalue weighted by molar-refractivity contribution is 7.11. The minimum Gasteiger partial charge on any atom is -0.481 e. The number of para-hydroxylation sites is 1. The first kappa shape index (κ1) is 15.9. The lowest BCUT2D eigenvalue weighted by atomic mass is 9.99. The van der Waals surface area contributed by atoms with Gasteiger partial charge in [-0.3, -0.25) is 4.79 Å². The van der Waals surface area contributed by atoms with E-state index in [-0.39, 0.29) is 18.3 Å². The largest absolute Gasteiger partial charge is 0.481 e. The molecule has 1 aromatic carbocycles. The quantitative estimate of drug-likeness (QED) is 0.861. The second-order valence-corrected chi connectivity index (χ2v) is 6.97. The van der Waals surface area contributed by atoms with Gasteiger partial charge in [0.15, 0.2) is 18.2 Å². The molecule has 0 aliphatic carbocycles. The van der Waals surface area contributed by atoms with E-state index in [1.54, 1.807) is 28.4 Å². The molecule has 0 N–H and O–H groups in total. The maximum atomic E-state index is 13.5. The van der Waals surface area contributed by atoms with E-state index in [0.29, 0.717) is 12.5 Å². The molecule has 0 saturated carbocycles. The molecule has 1 aliphatic rings. The van der Waals surface area contributed by atoms with Crippen LogP contribution >= 0.6 is 11.3 Å². The van der Waals surface area contributed by atoms with Crippen LogP contribution in [0.2, 0.25) is 0 Å². The molecule has 1 amide bonds. The number of nitrogens with zero attached hydrogens (tertiary/aromatic N) is 2. The Balaban J connectivity index is 1.58. The van der Waals surface area contributed by atoms with Gasteiger partial charge in [-0.25, -0.2) is 9.37 Å². The van der Waals surface area contributed by atoms with Crippen molar-refractivity contribution in [3.05, 3.63) is 46.2 Å². The monoisotopic (exact) mass is 334 g/mol. The van der Waals surface area contributed by atoms with Crippen molar-refractivity contribution >= 4 is 17.2 Å². The lowest BCUT2D eigenvalue weighted by Crippen LogP contribution is -2.41. The van der Waals surface area contributed by atoms with E-state index in [9.17, 15) is 9.18 Å². The number of thiazole rings is 1. The fraction of sp³-hybridized carbons (Fsp3) is 0.412. The summed E-state index contributed by atoms with van der Waals surface area (Å²) < 4.78 is 18.8. The van der Waals surface area contributed by atoms with Crippen molar-refractivity contribution in [3.8, 4) is 5.75 Å². The van der Waals surface area contributed by atoms with Crippen molar-refractivity contribution in [1.82, 2.24) is 9.88 Å². The van der Waals surface area contributed by atoms with Crippen LogP contribution < -0.4 is 4.74 Å². The Bertz CT molecular complexity index is 689. The lowest BCUT2D eigenvalue weighted by Gasteiger charge is -2.31. The summed E-state index contributed by atoms with van der Waals surface area (Å²) in [7, 11) is 0. The Hall–Kier alpha value is -1.95. The minimum atomic E-state index is -0.449. The first-order chi connectivity index (χ1) is 11.1. The third-order valence-corrected chi connectivity index (χ3v) is 5.03. The van der Waals surface area contributed by atoms with Gasteiger partial charge in [0, 0.05) is 30.1 Å². The van der Waals surface area contributed by atoms with E-state index in [1.807, 2.05) is 13.1 Å². The molecule has 2 heterocycles. The van der Waals surface area contributed by atoms with Gasteiger partial charge in [-0.05, 0) is 31.9 Å². The normalized spacial score (nSPS) is 18.0. The average molecular weight is 334 g/mol. The standard InChI is InChI=1S/C17H19FN2O2S/c1-12-9-19-17(23-12)13-5-4-8-20(10-13)16(21)11-22-15-7-3-2-6-14(15)18/h2-3,6-7,9,13H,4-5,8,10-11H2,1H3/t13-/m1/s1. The van der Waals surface area contributed by atoms with Crippen LogP contribution in [0.1, 0.15) is 28.6 Å². The summed E-state index contributed by atoms with van der Waals surface area (Å²) in [6.45, 7) is 3.28. The van der Waals surface area contributed by atoms with E-state index >= 15 is 0 Å². The van der Waals surface area contributed by atoms with Crippen molar-refractivity contribution in [1.29, 1.82) is 0 Å². The Morgan fingerprint density at radius 1 is 1.48 bits per heavy atom.